The summed E-state index contributed by atoms with van der Waals surface area (Å²) in [6, 6.07) is 5.63. The zero-order valence-corrected chi connectivity index (χ0v) is 10.5. The number of aryl methyl sites for hydroxylation is 1. The highest BCUT2D eigenvalue weighted by Gasteiger charge is 2.23. The highest BCUT2D eigenvalue weighted by atomic mass is 16.6. The van der Waals surface area contributed by atoms with Crippen molar-refractivity contribution in [2.75, 3.05) is 13.2 Å². The smallest absolute Gasteiger partial charge is 0.407 e. The van der Waals surface area contributed by atoms with Gasteiger partial charge in [0, 0.05) is 5.56 Å². The van der Waals surface area contributed by atoms with Crippen molar-refractivity contribution in [3.05, 3.63) is 29.3 Å². The molecule has 1 aliphatic rings. The van der Waals surface area contributed by atoms with E-state index in [2.05, 4.69) is 5.32 Å². The molecule has 2 rings (SSSR count). The first-order chi connectivity index (χ1) is 8.56. The van der Waals surface area contributed by atoms with Gasteiger partial charge in [-0.2, -0.15) is 0 Å². The molecule has 2 N–H and O–H groups in total. The molecule has 0 aliphatic carbocycles. The van der Waals surface area contributed by atoms with E-state index in [0.29, 0.717) is 12.3 Å². The van der Waals surface area contributed by atoms with Crippen LogP contribution < -0.4 is 10.1 Å². The van der Waals surface area contributed by atoms with Crippen LogP contribution in [0, 0.1) is 6.92 Å². The maximum Gasteiger partial charge on any atom is 0.407 e. The van der Waals surface area contributed by atoms with Gasteiger partial charge in [-0.05, 0) is 25.5 Å². The third-order valence-electron chi connectivity index (χ3n) is 2.79. The SMILES string of the molecule is Cc1ccc([C@@H](C)O)c(OCC2CNC(=O)O2)c1. The molecule has 0 saturated carbocycles. The molecule has 1 aromatic carbocycles. The molecule has 1 amide bonds. The topological polar surface area (TPSA) is 67.8 Å². The fraction of sp³-hybridized carbons (Fsp3) is 0.462. The van der Waals surface area contributed by atoms with Gasteiger partial charge in [-0.3, -0.25) is 0 Å². The number of hydrogen-bond acceptors (Lipinski definition) is 4. The minimum atomic E-state index is -0.593. The second kappa shape index (κ2) is 5.27. The van der Waals surface area contributed by atoms with Crippen molar-refractivity contribution in [2.24, 2.45) is 0 Å². The van der Waals surface area contributed by atoms with E-state index in [9.17, 15) is 9.90 Å². The molecule has 2 atom stereocenters. The lowest BCUT2D eigenvalue weighted by Crippen LogP contribution is -2.22. The van der Waals surface area contributed by atoms with Crippen molar-refractivity contribution in [2.45, 2.75) is 26.1 Å². The Bertz CT molecular complexity index is 445. The van der Waals surface area contributed by atoms with E-state index in [1.807, 2.05) is 25.1 Å². The van der Waals surface area contributed by atoms with Gasteiger partial charge < -0.3 is 19.9 Å². The molecule has 1 aliphatic heterocycles. The van der Waals surface area contributed by atoms with Crippen LogP contribution in [-0.2, 0) is 4.74 Å². The maximum atomic E-state index is 10.9. The van der Waals surface area contributed by atoms with Crippen LogP contribution in [0.4, 0.5) is 4.79 Å². The number of aliphatic hydroxyl groups is 1. The summed E-state index contributed by atoms with van der Waals surface area (Å²) >= 11 is 0. The van der Waals surface area contributed by atoms with E-state index < -0.39 is 12.2 Å². The Morgan fingerprint density at radius 1 is 1.61 bits per heavy atom. The Morgan fingerprint density at radius 2 is 2.39 bits per heavy atom. The Morgan fingerprint density at radius 3 is 3.00 bits per heavy atom. The summed E-state index contributed by atoms with van der Waals surface area (Å²) in [5.74, 6) is 0.632. The molecular formula is C13H17NO4. The van der Waals surface area contributed by atoms with E-state index in [4.69, 9.17) is 9.47 Å². The summed E-state index contributed by atoms with van der Waals surface area (Å²) in [6.45, 7) is 4.38. The Balaban J connectivity index is 2.03. The predicted molar refractivity (Wildman–Crippen MR) is 65.6 cm³/mol. The molecule has 1 unspecified atom stereocenters. The number of hydrogen-bond donors (Lipinski definition) is 2. The van der Waals surface area contributed by atoms with Crippen LogP contribution in [0.3, 0.4) is 0 Å². The Labute approximate surface area is 106 Å². The second-order valence-electron chi connectivity index (χ2n) is 4.44. The number of carbonyl (C=O) groups excluding carboxylic acids is 1. The van der Waals surface area contributed by atoms with Crippen molar-refractivity contribution in [3.8, 4) is 5.75 Å². The third kappa shape index (κ3) is 2.92. The molecule has 18 heavy (non-hydrogen) atoms. The molecule has 1 heterocycles. The third-order valence-corrected chi connectivity index (χ3v) is 2.79. The van der Waals surface area contributed by atoms with Crippen molar-refractivity contribution in [1.82, 2.24) is 5.32 Å². The van der Waals surface area contributed by atoms with Crippen LogP contribution in [0.5, 0.6) is 5.75 Å². The standard InChI is InChI=1S/C13H17NO4/c1-8-3-4-11(9(2)15)12(5-8)17-7-10-6-14-13(16)18-10/h3-5,9-10,15H,6-7H2,1-2H3,(H,14,16)/t9-,10?/m1/s1. The van der Waals surface area contributed by atoms with Crippen LogP contribution in [0.2, 0.25) is 0 Å². The molecule has 0 aromatic heterocycles. The molecule has 0 spiro atoms. The highest BCUT2D eigenvalue weighted by Crippen LogP contribution is 2.26. The van der Waals surface area contributed by atoms with Crippen molar-refractivity contribution >= 4 is 6.09 Å². The summed E-state index contributed by atoms with van der Waals surface area (Å²) < 4.78 is 10.6. The molecular weight excluding hydrogens is 234 g/mol. The van der Waals surface area contributed by atoms with Gasteiger partial charge in [-0.1, -0.05) is 12.1 Å². The average molecular weight is 251 g/mol. The number of nitrogens with one attached hydrogen (secondary N) is 1. The predicted octanol–water partition coefficient (Wildman–Crippen LogP) is 1.54. The molecule has 98 valence electrons. The van der Waals surface area contributed by atoms with Gasteiger partial charge in [-0.15, -0.1) is 0 Å². The maximum absolute atomic E-state index is 10.9. The largest absolute Gasteiger partial charge is 0.489 e. The lowest BCUT2D eigenvalue weighted by atomic mass is 10.1. The summed E-state index contributed by atoms with van der Waals surface area (Å²) in [6.07, 6.45) is -1.28. The normalized spacial score (nSPS) is 20.2. The van der Waals surface area contributed by atoms with E-state index in [1.54, 1.807) is 6.92 Å². The summed E-state index contributed by atoms with van der Waals surface area (Å²) in [4.78, 5) is 10.9. The lowest BCUT2D eigenvalue weighted by Gasteiger charge is -2.16. The van der Waals surface area contributed by atoms with Crippen LogP contribution in [0.1, 0.15) is 24.2 Å². The number of cyclic esters (lactones) is 1. The zero-order chi connectivity index (χ0) is 13.1. The number of aliphatic hydroxyl groups excluding tert-OH is 1. The summed E-state index contributed by atoms with van der Waals surface area (Å²) in [7, 11) is 0. The van der Waals surface area contributed by atoms with Gasteiger partial charge in [0.25, 0.3) is 0 Å². The van der Waals surface area contributed by atoms with Crippen molar-refractivity contribution in [1.29, 1.82) is 0 Å². The van der Waals surface area contributed by atoms with E-state index >= 15 is 0 Å². The van der Waals surface area contributed by atoms with Gasteiger partial charge >= 0.3 is 6.09 Å². The van der Waals surface area contributed by atoms with Crippen molar-refractivity contribution < 1.29 is 19.4 Å². The van der Waals surface area contributed by atoms with Crippen molar-refractivity contribution in [3.63, 3.8) is 0 Å². The van der Waals surface area contributed by atoms with Gasteiger partial charge in [-0.25, -0.2) is 4.79 Å². The van der Waals surface area contributed by atoms with E-state index in [0.717, 1.165) is 11.1 Å². The average Bonchev–Trinajstić information content (AvgIpc) is 2.72. The minimum absolute atomic E-state index is 0.278. The van der Waals surface area contributed by atoms with Gasteiger partial charge in [0.2, 0.25) is 0 Å². The fourth-order valence-corrected chi connectivity index (χ4v) is 1.82. The first-order valence-electron chi connectivity index (χ1n) is 5.92. The minimum Gasteiger partial charge on any atom is -0.489 e. The van der Waals surface area contributed by atoms with E-state index in [1.165, 1.54) is 0 Å². The zero-order valence-electron chi connectivity index (χ0n) is 10.5. The first-order valence-corrected chi connectivity index (χ1v) is 5.92. The van der Waals surface area contributed by atoms with E-state index in [-0.39, 0.29) is 12.7 Å². The number of amides is 1. The summed E-state index contributed by atoms with van der Waals surface area (Å²) in [5.41, 5.74) is 1.79. The Hall–Kier alpha value is -1.75. The van der Waals surface area contributed by atoms with Crippen LogP contribution in [0.25, 0.3) is 0 Å². The number of carbonyl (C=O) groups is 1. The number of benzene rings is 1. The van der Waals surface area contributed by atoms with Crippen LogP contribution in [-0.4, -0.2) is 30.5 Å². The molecule has 1 saturated heterocycles. The monoisotopic (exact) mass is 251 g/mol. The van der Waals surface area contributed by atoms with Crippen LogP contribution in [0.15, 0.2) is 18.2 Å². The summed E-state index contributed by atoms with van der Waals surface area (Å²) in [5, 5.41) is 12.2. The quantitative estimate of drug-likeness (QED) is 0.851. The van der Waals surface area contributed by atoms with Crippen LogP contribution >= 0.6 is 0 Å². The molecule has 1 fully saturated rings. The van der Waals surface area contributed by atoms with Gasteiger partial charge in [0.15, 0.2) is 6.10 Å². The molecule has 0 bridgehead atoms. The molecule has 0 radical (unpaired) electrons. The molecule has 1 aromatic rings. The number of alkyl carbamates (subject to hydrolysis) is 1. The fourth-order valence-electron chi connectivity index (χ4n) is 1.82. The number of ether oxygens (including phenoxy) is 2. The number of rotatable bonds is 4. The molecule has 5 nitrogen and oxygen atoms in total. The van der Waals surface area contributed by atoms with Gasteiger partial charge in [0.05, 0.1) is 12.6 Å². The van der Waals surface area contributed by atoms with Gasteiger partial charge in [0.1, 0.15) is 12.4 Å². The second-order valence-corrected chi connectivity index (χ2v) is 4.44. The molecule has 5 heteroatoms. The highest BCUT2D eigenvalue weighted by molar-refractivity contribution is 5.69. The lowest BCUT2D eigenvalue weighted by molar-refractivity contribution is 0.102. The Kier molecular flexibility index (Phi) is 3.72. The first kappa shape index (κ1) is 12.7.